The van der Waals surface area contributed by atoms with Crippen molar-refractivity contribution in [2.24, 2.45) is 23.7 Å². The van der Waals surface area contributed by atoms with Gasteiger partial charge in [-0.05, 0) is 30.6 Å². The zero-order valence-electron chi connectivity index (χ0n) is 9.75. The molecule has 1 aliphatic rings. The summed E-state index contributed by atoms with van der Waals surface area (Å²) in [5.41, 5.74) is 0. The lowest BCUT2D eigenvalue weighted by atomic mass is 9.82. The van der Waals surface area contributed by atoms with E-state index in [1.165, 1.54) is 0 Å². The maximum Gasteiger partial charge on any atom is 0.308 e. The zero-order valence-corrected chi connectivity index (χ0v) is 9.75. The summed E-state index contributed by atoms with van der Waals surface area (Å²) in [6, 6.07) is 0. The lowest BCUT2D eigenvalue weighted by Crippen LogP contribution is -2.21. The van der Waals surface area contributed by atoms with Crippen LogP contribution < -0.4 is 0 Å². The van der Waals surface area contributed by atoms with Gasteiger partial charge in [0.05, 0.1) is 12.5 Å². The molecule has 14 heavy (non-hydrogen) atoms. The number of hydrogen-bond donors (Lipinski definition) is 0. The van der Waals surface area contributed by atoms with Crippen molar-refractivity contribution in [3.8, 4) is 0 Å². The summed E-state index contributed by atoms with van der Waals surface area (Å²) in [6.45, 7) is 9.27. The van der Waals surface area contributed by atoms with E-state index in [2.05, 4.69) is 20.8 Å². The van der Waals surface area contributed by atoms with Crippen LogP contribution in [0.2, 0.25) is 0 Å². The molecule has 4 atom stereocenters. The van der Waals surface area contributed by atoms with Crippen LogP contribution in [0.4, 0.5) is 0 Å². The van der Waals surface area contributed by atoms with E-state index >= 15 is 0 Å². The van der Waals surface area contributed by atoms with E-state index in [-0.39, 0.29) is 11.9 Å². The second-order valence-corrected chi connectivity index (χ2v) is 4.91. The van der Waals surface area contributed by atoms with Gasteiger partial charge in [0.25, 0.3) is 0 Å². The standard InChI is InChI=1S/C12H22O2/c1-8-5-6-14-12(13)11(4)10(3)7-9(8)2/h8-11H,5-7H2,1-4H3. The second-order valence-electron chi connectivity index (χ2n) is 4.91. The third-order valence-corrected chi connectivity index (χ3v) is 3.76. The van der Waals surface area contributed by atoms with Crippen molar-refractivity contribution in [1.82, 2.24) is 0 Å². The van der Waals surface area contributed by atoms with Gasteiger partial charge in [-0.15, -0.1) is 0 Å². The van der Waals surface area contributed by atoms with E-state index in [0.717, 1.165) is 12.8 Å². The van der Waals surface area contributed by atoms with Crippen molar-refractivity contribution in [2.45, 2.75) is 40.5 Å². The molecule has 2 heteroatoms. The number of hydrogen-bond acceptors (Lipinski definition) is 2. The van der Waals surface area contributed by atoms with Crippen LogP contribution in [0.1, 0.15) is 40.5 Å². The molecule has 4 unspecified atom stereocenters. The van der Waals surface area contributed by atoms with Crippen LogP contribution in [0.3, 0.4) is 0 Å². The summed E-state index contributed by atoms with van der Waals surface area (Å²) in [7, 11) is 0. The van der Waals surface area contributed by atoms with Crippen LogP contribution >= 0.6 is 0 Å². The average molecular weight is 198 g/mol. The molecule has 0 aromatic carbocycles. The molecule has 0 spiro atoms. The molecule has 1 aliphatic heterocycles. The van der Waals surface area contributed by atoms with Crippen LogP contribution in [0.15, 0.2) is 0 Å². The van der Waals surface area contributed by atoms with E-state index in [1.807, 2.05) is 6.92 Å². The summed E-state index contributed by atoms with van der Waals surface area (Å²) < 4.78 is 5.23. The highest BCUT2D eigenvalue weighted by atomic mass is 16.5. The Balaban J connectivity index is 2.66. The Morgan fingerprint density at radius 3 is 2.36 bits per heavy atom. The molecule has 0 aromatic heterocycles. The lowest BCUT2D eigenvalue weighted by Gasteiger charge is -2.22. The molecule has 1 heterocycles. The second kappa shape index (κ2) is 4.81. The van der Waals surface area contributed by atoms with Gasteiger partial charge in [-0.2, -0.15) is 0 Å². The van der Waals surface area contributed by atoms with Crippen molar-refractivity contribution in [3.05, 3.63) is 0 Å². The Labute approximate surface area is 87.0 Å². The smallest absolute Gasteiger partial charge is 0.308 e. The minimum Gasteiger partial charge on any atom is -0.465 e. The Bertz CT molecular complexity index is 200. The zero-order chi connectivity index (χ0) is 10.7. The molecule has 1 fully saturated rings. The fourth-order valence-electron chi connectivity index (χ4n) is 2.02. The van der Waals surface area contributed by atoms with Gasteiger partial charge in [-0.1, -0.05) is 27.7 Å². The SMILES string of the molecule is CC1CCOC(=O)C(C)C(C)CC1C. The van der Waals surface area contributed by atoms with Crippen molar-refractivity contribution in [2.75, 3.05) is 6.61 Å². The van der Waals surface area contributed by atoms with Gasteiger partial charge in [-0.3, -0.25) is 4.79 Å². The average Bonchev–Trinajstić information content (AvgIpc) is 2.17. The lowest BCUT2D eigenvalue weighted by molar-refractivity contribution is -0.149. The van der Waals surface area contributed by atoms with E-state index in [0.29, 0.717) is 24.4 Å². The van der Waals surface area contributed by atoms with Crippen molar-refractivity contribution >= 4 is 5.97 Å². The first kappa shape index (κ1) is 11.5. The molecule has 0 radical (unpaired) electrons. The summed E-state index contributed by atoms with van der Waals surface area (Å²) in [6.07, 6.45) is 2.14. The van der Waals surface area contributed by atoms with Gasteiger partial charge < -0.3 is 4.74 Å². The molecule has 82 valence electrons. The van der Waals surface area contributed by atoms with Crippen LogP contribution in [0, 0.1) is 23.7 Å². The number of rotatable bonds is 0. The highest BCUT2D eigenvalue weighted by Crippen LogP contribution is 2.28. The van der Waals surface area contributed by atoms with Crippen molar-refractivity contribution < 1.29 is 9.53 Å². The summed E-state index contributed by atoms with van der Waals surface area (Å²) in [5, 5.41) is 0. The first-order valence-electron chi connectivity index (χ1n) is 5.69. The van der Waals surface area contributed by atoms with Crippen LogP contribution in [0.5, 0.6) is 0 Å². The molecule has 0 bridgehead atoms. The van der Waals surface area contributed by atoms with Gasteiger partial charge in [-0.25, -0.2) is 0 Å². The quantitative estimate of drug-likeness (QED) is 0.559. The minimum atomic E-state index is -0.0150. The molecule has 0 amide bonds. The maximum absolute atomic E-state index is 11.5. The normalized spacial score (nSPS) is 40.7. The van der Waals surface area contributed by atoms with E-state index in [1.54, 1.807) is 0 Å². The molecule has 0 aliphatic carbocycles. The molecule has 1 saturated heterocycles. The first-order chi connectivity index (χ1) is 6.52. The highest BCUT2D eigenvalue weighted by molar-refractivity contribution is 5.72. The van der Waals surface area contributed by atoms with Crippen molar-refractivity contribution in [1.29, 1.82) is 0 Å². The Kier molecular flexibility index (Phi) is 3.97. The monoisotopic (exact) mass is 198 g/mol. The molecule has 2 nitrogen and oxygen atoms in total. The molecule has 0 aromatic rings. The molecule has 0 saturated carbocycles. The Hall–Kier alpha value is -0.530. The number of carbonyl (C=O) groups excluding carboxylic acids is 1. The first-order valence-corrected chi connectivity index (χ1v) is 5.69. The third-order valence-electron chi connectivity index (χ3n) is 3.76. The largest absolute Gasteiger partial charge is 0.465 e. The highest BCUT2D eigenvalue weighted by Gasteiger charge is 2.27. The van der Waals surface area contributed by atoms with E-state index in [9.17, 15) is 4.79 Å². The third kappa shape index (κ3) is 2.73. The predicted octanol–water partition coefficient (Wildman–Crippen LogP) is 2.87. The summed E-state index contributed by atoms with van der Waals surface area (Å²) >= 11 is 0. The molecule has 0 N–H and O–H groups in total. The number of carbonyl (C=O) groups is 1. The fraction of sp³-hybridized carbons (Fsp3) is 0.917. The number of ether oxygens (including phenoxy) is 1. The van der Waals surface area contributed by atoms with E-state index in [4.69, 9.17) is 4.74 Å². The van der Waals surface area contributed by atoms with Gasteiger partial charge in [0, 0.05) is 0 Å². The molecular formula is C12H22O2. The Morgan fingerprint density at radius 1 is 1.07 bits per heavy atom. The van der Waals surface area contributed by atoms with Gasteiger partial charge in [0.1, 0.15) is 0 Å². The van der Waals surface area contributed by atoms with Crippen LogP contribution in [0.25, 0.3) is 0 Å². The topological polar surface area (TPSA) is 26.3 Å². The fourth-order valence-corrected chi connectivity index (χ4v) is 2.02. The Morgan fingerprint density at radius 2 is 1.71 bits per heavy atom. The number of esters is 1. The van der Waals surface area contributed by atoms with Gasteiger partial charge >= 0.3 is 5.97 Å². The minimum absolute atomic E-state index is 0.0150. The van der Waals surface area contributed by atoms with Gasteiger partial charge in [0.15, 0.2) is 0 Å². The molecule has 1 rings (SSSR count). The summed E-state index contributed by atoms with van der Waals surface area (Å²) in [5.74, 6) is 1.84. The van der Waals surface area contributed by atoms with Crippen LogP contribution in [-0.2, 0) is 9.53 Å². The van der Waals surface area contributed by atoms with Crippen LogP contribution in [-0.4, -0.2) is 12.6 Å². The predicted molar refractivity (Wildman–Crippen MR) is 56.8 cm³/mol. The van der Waals surface area contributed by atoms with E-state index < -0.39 is 0 Å². The molecular weight excluding hydrogens is 176 g/mol. The maximum atomic E-state index is 11.5. The number of cyclic esters (lactones) is 1. The van der Waals surface area contributed by atoms with Crippen molar-refractivity contribution in [3.63, 3.8) is 0 Å². The van der Waals surface area contributed by atoms with Gasteiger partial charge in [0.2, 0.25) is 0 Å². The summed E-state index contributed by atoms with van der Waals surface area (Å²) in [4.78, 5) is 11.5.